The van der Waals surface area contributed by atoms with Crippen LogP contribution in [-0.4, -0.2) is 24.9 Å². The molecule has 10 heteroatoms. The quantitative estimate of drug-likeness (QED) is 0.167. The predicted octanol–water partition coefficient (Wildman–Crippen LogP) is 15.9. The lowest BCUT2D eigenvalue weighted by molar-refractivity contribution is 1.05. The minimum absolute atomic E-state index is 0.673. The van der Waals surface area contributed by atoms with Gasteiger partial charge in [-0.3, -0.25) is 24.5 Å². The molecule has 70 heavy (non-hydrogen) atoms. The maximum atomic E-state index is 5.50. The number of hydrogen-bond acceptors (Lipinski definition) is 10. The number of anilines is 15. The summed E-state index contributed by atoms with van der Waals surface area (Å²) in [7, 11) is 0. The molecule has 10 nitrogen and oxygen atoms in total. The number of fused-ring (bicyclic) bond motifs is 10. The third-order valence-corrected chi connectivity index (χ3v) is 12.4. The molecule has 0 saturated heterocycles. The summed E-state index contributed by atoms with van der Waals surface area (Å²) >= 11 is 0. The molecule has 1 aliphatic heterocycles. The van der Waals surface area contributed by atoms with Gasteiger partial charge in [0, 0.05) is 28.4 Å². The van der Waals surface area contributed by atoms with Crippen molar-refractivity contribution in [2.45, 2.75) is 34.6 Å². The molecule has 1 aliphatic rings. The summed E-state index contributed by atoms with van der Waals surface area (Å²) in [6.45, 7) is 10.5. The standard InChI is InChI=1S/C60H50N10/c1-41-21-31-46(32-22-41)66-51-11-6-13-53(61-51)67(47-33-23-42(2)24-34-47)55-15-8-17-57(63-55)69(49-37-27-44(4)28-38-49)59-19-10-20-60(65-59)70(50-39-29-45(5)30-40-50)58-18-9-16-56(64-58)68(48-35-25-43(3)26-36-48)54-14-7-12-52(66)62-54/h6-40H,1-5H3. The maximum Gasteiger partial charge on any atom is 0.141 e. The lowest BCUT2D eigenvalue weighted by Crippen LogP contribution is -2.20. The van der Waals surface area contributed by atoms with Gasteiger partial charge >= 0.3 is 0 Å². The van der Waals surface area contributed by atoms with Crippen LogP contribution < -0.4 is 24.5 Å². The summed E-state index contributed by atoms with van der Waals surface area (Å²) in [5.41, 5.74) is 10.3. The van der Waals surface area contributed by atoms with Gasteiger partial charge in [0.15, 0.2) is 0 Å². The van der Waals surface area contributed by atoms with Crippen molar-refractivity contribution in [3.8, 4) is 0 Å². The van der Waals surface area contributed by atoms with Gasteiger partial charge in [-0.1, -0.05) is 119 Å². The molecule has 0 radical (unpaired) electrons. The zero-order valence-electron chi connectivity index (χ0n) is 39.7. The Morgan fingerprint density at radius 2 is 0.314 bits per heavy atom. The Morgan fingerprint density at radius 3 is 0.443 bits per heavy atom. The van der Waals surface area contributed by atoms with Crippen molar-refractivity contribution in [3.05, 3.63) is 240 Å². The monoisotopic (exact) mass is 910 g/mol. The molecular weight excluding hydrogens is 861 g/mol. The molecule has 340 valence electrons. The summed E-state index contributed by atoms with van der Waals surface area (Å²) in [6.07, 6.45) is 0. The molecule has 0 spiro atoms. The van der Waals surface area contributed by atoms with Gasteiger partial charge in [-0.25, -0.2) is 24.9 Å². The van der Waals surface area contributed by atoms with Crippen LogP contribution >= 0.6 is 0 Å². The molecule has 10 bridgehead atoms. The van der Waals surface area contributed by atoms with Gasteiger partial charge in [0.2, 0.25) is 0 Å². The SMILES string of the molecule is Cc1ccc(N2c3cccc(n3)N(c3ccc(C)cc3)c3cccc(n3)N(c3ccc(C)cc3)c3cccc(n3)N(c3ccc(C)cc3)c3cccc(n3)N(c3ccc(C)cc3)c3cccc2n3)cc1. The molecular formula is C60H50N10. The predicted molar refractivity (Wildman–Crippen MR) is 286 cm³/mol. The first-order chi connectivity index (χ1) is 34.2. The summed E-state index contributed by atoms with van der Waals surface area (Å²) in [5.74, 6) is 6.73. The minimum atomic E-state index is 0.673. The first-order valence-corrected chi connectivity index (χ1v) is 23.4. The smallest absolute Gasteiger partial charge is 0.141 e. The molecule has 0 fully saturated rings. The van der Waals surface area contributed by atoms with Crippen LogP contribution in [0.3, 0.4) is 0 Å². The van der Waals surface area contributed by atoms with Crippen LogP contribution in [0.25, 0.3) is 0 Å². The number of nitrogens with zero attached hydrogens (tertiary/aromatic N) is 10. The van der Waals surface area contributed by atoms with Gasteiger partial charge < -0.3 is 0 Å². The minimum Gasteiger partial charge on any atom is -0.279 e. The van der Waals surface area contributed by atoms with Gasteiger partial charge in [0.1, 0.15) is 58.2 Å². The van der Waals surface area contributed by atoms with E-state index in [0.29, 0.717) is 58.2 Å². The number of hydrogen-bond donors (Lipinski definition) is 0. The fraction of sp³-hybridized carbons (Fsp3) is 0.0833. The van der Waals surface area contributed by atoms with Crippen molar-refractivity contribution in [2.24, 2.45) is 0 Å². The van der Waals surface area contributed by atoms with E-state index in [1.54, 1.807) is 0 Å². The zero-order valence-corrected chi connectivity index (χ0v) is 39.7. The fourth-order valence-electron chi connectivity index (χ4n) is 8.68. The van der Waals surface area contributed by atoms with E-state index < -0.39 is 0 Å². The van der Waals surface area contributed by atoms with Crippen LogP contribution in [0.5, 0.6) is 0 Å². The van der Waals surface area contributed by atoms with Crippen LogP contribution in [0, 0.1) is 34.6 Å². The highest BCUT2D eigenvalue weighted by molar-refractivity contribution is 5.83. The zero-order chi connectivity index (χ0) is 47.7. The van der Waals surface area contributed by atoms with Crippen molar-refractivity contribution in [1.82, 2.24) is 24.9 Å². The lowest BCUT2D eigenvalue weighted by atomic mass is 10.2. The Kier molecular flexibility index (Phi) is 11.5. The van der Waals surface area contributed by atoms with Gasteiger partial charge in [-0.15, -0.1) is 0 Å². The highest BCUT2D eigenvalue weighted by Gasteiger charge is 2.26. The second-order valence-electron chi connectivity index (χ2n) is 17.6. The summed E-state index contributed by atoms with van der Waals surface area (Å²) < 4.78 is 0. The largest absolute Gasteiger partial charge is 0.279 e. The Bertz CT molecular complexity index is 2810. The Morgan fingerprint density at radius 1 is 0.186 bits per heavy atom. The van der Waals surface area contributed by atoms with E-state index in [1.807, 2.05) is 91.0 Å². The third-order valence-electron chi connectivity index (χ3n) is 12.4. The maximum absolute atomic E-state index is 5.50. The van der Waals surface area contributed by atoms with E-state index in [2.05, 4.69) is 180 Å². The molecule has 0 unspecified atom stereocenters. The van der Waals surface area contributed by atoms with E-state index in [9.17, 15) is 0 Å². The number of aromatic nitrogens is 5. The van der Waals surface area contributed by atoms with Crippen molar-refractivity contribution >= 4 is 86.6 Å². The molecule has 6 heterocycles. The van der Waals surface area contributed by atoms with Crippen molar-refractivity contribution in [2.75, 3.05) is 24.5 Å². The molecule has 5 aromatic heterocycles. The van der Waals surface area contributed by atoms with E-state index in [-0.39, 0.29) is 0 Å². The third kappa shape index (κ3) is 8.65. The van der Waals surface area contributed by atoms with Crippen molar-refractivity contribution < 1.29 is 0 Å². The number of aryl methyl sites for hydroxylation is 5. The molecule has 0 saturated carbocycles. The van der Waals surface area contributed by atoms with E-state index in [4.69, 9.17) is 24.9 Å². The Balaban J connectivity index is 1.22. The van der Waals surface area contributed by atoms with Crippen LogP contribution in [-0.2, 0) is 0 Å². The Labute approximate surface area is 409 Å². The summed E-state index contributed by atoms with van der Waals surface area (Å²) in [5, 5.41) is 0. The number of pyridine rings is 5. The van der Waals surface area contributed by atoms with Crippen LogP contribution in [0.4, 0.5) is 86.6 Å². The fourth-order valence-corrected chi connectivity index (χ4v) is 8.68. The normalized spacial score (nSPS) is 12.5. The molecule has 11 rings (SSSR count). The average Bonchev–Trinajstić information content (AvgIpc) is 3.38. The van der Waals surface area contributed by atoms with E-state index in [1.165, 1.54) is 0 Å². The highest BCUT2D eigenvalue weighted by Crippen LogP contribution is 2.43. The first-order valence-electron chi connectivity index (χ1n) is 23.4. The van der Waals surface area contributed by atoms with Gasteiger partial charge in [-0.2, -0.15) is 0 Å². The van der Waals surface area contributed by atoms with E-state index in [0.717, 1.165) is 56.3 Å². The summed E-state index contributed by atoms with van der Waals surface area (Å²) in [6, 6.07) is 72.8. The number of rotatable bonds is 5. The molecule has 5 aromatic carbocycles. The molecule has 0 atom stereocenters. The van der Waals surface area contributed by atoms with Gasteiger partial charge in [0.05, 0.1) is 0 Å². The van der Waals surface area contributed by atoms with Crippen molar-refractivity contribution in [1.29, 1.82) is 0 Å². The second-order valence-corrected chi connectivity index (χ2v) is 17.6. The number of benzene rings is 5. The molecule has 0 amide bonds. The van der Waals surface area contributed by atoms with Crippen LogP contribution in [0.1, 0.15) is 27.8 Å². The lowest BCUT2D eigenvalue weighted by Gasteiger charge is -2.30. The van der Waals surface area contributed by atoms with E-state index >= 15 is 0 Å². The van der Waals surface area contributed by atoms with Crippen LogP contribution in [0.15, 0.2) is 212 Å². The topological polar surface area (TPSA) is 80.7 Å². The van der Waals surface area contributed by atoms with Gasteiger partial charge in [0.25, 0.3) is 0 Å². The average molecular weight is 911 g/mol. The molecule has 10 aromatic rings. The first kappa shape index (κ1) is 43.4. The molecule has 0 N–H and O–H groups in total. The highest BCUT2D eigenvalue weighted by atomic mass is 15.4. The van der Waals surface area contributed by atoms with Crippen molar-refractivity contribution in [3.63, 3.8) is 0 Å². The Hall–Kier alpha value is -9.15. The van der Waals surface area contributed by atoms with Gasteiger partial charge in [-0.05, 0) is 156 Å². The summed E-state index contributed by atoms with van der Waals surface area (Å²) in [4.78, 5) is 38.0. The molecule has 0 aliphatic carbocycles. The van der Waals surface area contributed by atoms with Crippen LogP contribution in [0.2, 0.25) is 0 Å². The second kappa shape index (κ2) is 18.5.